The zero-order valence-corrected chi connectivity index (χ0v) is 12.1. The molecule has 0 amide bonds. The Hall–Kier alpha value is -2.11. The Kier molecular flexibility index (Phi) is 4.77. The molecule has 1 fully saturated rings. The van der Waals surface area contributed by atoms with E-state index in [0.29, 0.717) is 11.6 Å². The molecule has 1 aliphatic rings. The quantitative estimate of drug-likeness (QED) is 0.665. The van der Waals surface area contributed by atoms with Crippen LogP contribution in [0.3, 0.4) is 0 Å². The molecule has 1 aromatic rings. The highest BCUT2D eigenvalue weighted by molar-refractivity contribution is 5.95. The van der Waals surface area contributed by atoms with Gasteiger partial charge in [0.1, 0.15) is 11.3 Å². The monoisotopic (exact) mass is 292 g/mol. The van der Waals surface area contributed by atoms with E-state index >= 15 is 0 Å². The van der Waals surface area contributed by atoms with E-state index in [1.165, 1.54) is 25.3 Å². The fraction of sp³-hybridized carbons (Fsp3) is 0.533. The van der Waals surface area contributed by atoms with Crippen molar-refractivity contribution in [2.24, 2.45) is 5.92 Å². The number of carboxylic acid groups (broad SMARTS) is 1. The van der Waals surface area contributed by atoms with E-state index in [1.807, 2.05) is 4.90 Å². The summed E-state index contributed by atoms with van der Waals surface area (Å²) >= 11 is 0. The highest BCUT2D eigenvalue weighted by atomic mass is 16.6. The number of anilines is 1. The maximum absolute atomic E-state index is 11.3. The van der Waals surface area contributed by atoms with Gasteiger partial charge < -0.3 is 10.0 Å². The van der Waals surface area contributed by atoms with Crippen LogP contribution in [0.4, 0.5) is 11.4 Å². The van der Waals surface area contributed by atoms with E-state index in [-0.39, 0.29) is 11.3 Å². The minimum Gasteiger partial charge on any atom is -0.477 e. The van der Waals surface area contributed by atoms with Crippen LogP contribution in [0.5, 0.6) is 0 Å². The standard InChI is InChI=1S/C15H20N2O4/c1-16(10-11-6-3-2-4-7-11)13-9-5-8-12(15(18)19)14(13)17(20)21/h5,8-9,11H,2-4,6-7,10H2,1H3,(H,18,19). The molecule has 1 aliphatic carbocycles. The van der Waals surface area contributed by atoms with Crippen molar-refractivity contribution in [2.45, 2.75) is 32.1 Å². The van der Waals surface area contributed by atoms with Crippen LogP contribution in [0.1, 0.15) is 42.5 Å². The number of carboxylic acids is 1. The zero-order chi connectivity index (χ0) is 15.4. The van der Waals surface area contributed by atoms with E-state index in [9.17, 15) is 14.9 Å². The normalized spacial score (nSPS) is 15.7. The molecule has 21 heavy (non-hydrogen) atoms. The molecule has 1 aromatic carbocycles. The number of aromatic carboxylic acids is 1. The first kappa shape index (κ1) is 15.3. The minimum atomic E-state index is -1.27. The predicted octanol–water partition coefficient (Wildman–Crippen LogP) is 3.31. The topological polar surface area (TPSA) is 83.7 Å². The van der Waals surface area contributed by atoms with Crippen molar-refractivity contribution < 1.29 is 14.8 Å². The number of para-hydroxylation sites is 1. The average molecular weight is 292 g/mol. The number of benzene rings is 1. The van der Waals surface area contributed by atoms with Gasteiger partial charge in [-0.1, -0.05) is 25.3 Å². The molecule has 0 saturated heterocycles. The van der Waals surface area contributed by atoms with Crippen molar-refractivity contribution in [1.29, 1.82) is 0 Å². The van der Waals surface area contributed by atoms with Crippen molar-refractivity contribution in [3.05, 3.63) is 33.9 Å². The molecule has 0 unspecified atom stereocenters. The molecular weight excluding hydrogens is 272 g/mol. The summed E-state index contributed by atoms with van der Waals surface area (Å²) in [5.41, 5.74) is -0.193. The lowest BCUT2D eigenvalue weighted by molar-refractivity contribution is -0.384. The minimum absolute atomic E-state index is 0.256. The largest absolute Gasteiger partial charge is 0.477 e. The van der Waals surface area contributed by atoms with Crippen molar-refractivity contribution in [3.63, 3.8) is 0 Å². The maximum atomic E-state index is 11.3. The second kappa shape index (κ2) is 6.56. The van der Waals surface area contributed by atoms with E-state index in [4.69, 9.17) is 5.11 Å². The van der Waals surface area contributed by atoms with Gasteiger partial charge >= 0.3 is 11.7 Å². The molecule has 0 aliphatic heterocycles. The molecule has 2 rings (SSSR count). The van der Waals surface area contributed by atoms with Crippen molar-refractivity contribution in [3.8, 4) is 0 Å². The molecule has 0 atom stereocenters. The Balaban J connectivity index is 2.27. The van der Waals surface area contributed by atoms with Gasteiger partial charge in [0.2, 0.25) is 0 Å². The maximum Gasteiger partial charge on any atom is 0.342 e. The van der Waals surface area contributed by atoms with Crippen LogP contribution in [0.2, 0.25) is 0 Å². The number of hydrogen-bond acceptors (Lipinski definition) is 4. The number of hydrogen-bond donors (Lipinski definition) is 1. The average Bonchev–Trinajstić information content (AvgIpc) is 2.47. The van der Waals surface area contributed by atoms with E-state index in [0.717, 1.165) is 19.4 Å². The Morgan fingerprint density at radius 1 is 1.38 bits per heavy atom. The van der Waals surface area contributed by atoms with Gasteiger partial charge in [-0.25, -0.2) is 4.79 Å². The molecule has 0 aromatic heterocycles. The molecule has 0 radical (unpaired) electrons. The SMILES string of the molecule is CN(CC1CCCCC1)c1cccc(C(=O)O)c1[N+](=O)[O-]. The van der Waals surface area contributed by atoms with E-state index < -0.39 is 10.9 Å². The highest BCUT2D eigenvalue weighted by Gasteiger charge is 2.27. The Labute approximate surface area is 123 Å². The van der Waals surface area contributed by atoms with Crippen LogP contribution >= 0.6 is 0 Å². The summed E-state index contributed by atoms with van der Waals surface area (Å²) in [6.07, 6.45) is 5.94. The number of carbonyl (C=O) groups is 1. The molecule has 0 spiro atoms. The molecule has 1 N–H and O–H groups in total. The number of rotatable bonds is 5. The van der Waals surface area contributed by atoms with Crippen LogP contribution in [0, 0.1) is 16.0 Å². The summed E-state index contributed by atoms with van der Waals surface area (Å²) in [7, 11) is 1.79. The first-order chi connectivity index (χ1) is 10.0. The van der Waals surface area contributed by atoms with Gasteiger partial charge in [-0.05, 0) is 30.9 Å². The molecular formula is C15H20N2O4. The van der Waals surface area contributed by atoms with Gasteiger partial charge in [0.15, 0.2) is 0 Å². The second-order valence-corrected chi connectivity index (χ2v) is 5.62. The lowest BCUT2D eigenvalue weighted by atomic mass is 9.89. The first-order valence-electron chi connectivity index (χ1n) is 7.22. The summed E-state index contributed by atoms with van der Waals surface area (Å²) < 4.78 is 0. The third kappa shape index (κ3) is 3.51. The molecule has 0 heterocycles. The summed E-state index contributed by atoms with van der Waals surface area (Å²) in [6, 6.07) is 4.45. The zero-order valence-electron chi connectivity index (χ0n) is 12.1. The molecule has 114 valence electrons. The van der Waals surface area contributed by atoms with Crippen LogP contribution in [0.15, 0.2) is 18.2 Å². The fourth-order valence-electron chi connectivity index (χ4n) is 3.06. The van der Waals surface area contributed by atoms with Gasteiger partial charge in [-0.2, -0.15) is 0 Å². The first-order valence-corrected chi connectivity index (χ1v) is 7.22. The highest BCUT2D eigenvalue weighted by Crippen LogP contribution is 2.33. The summed E-state index contributed by atoms with van der Waals surface area (Å²) in [4.78, 5) is 23.6. The predicted molar refractivity (Wildman–Crippen MR) is 79.9 cm³/mol. The van der Waals surface area contributed by atoms with Crippen molar-refractivity contribution in [2.75, 3.05) is 18.5 Å². The van der Waals surface area contributed by atoms with Crippen LogP contribution < -0.4 is 4.90 Å². The van der Waals surface area contributed by atoms with Gasteiger partial charge in [0, 0.05) is 13.6 Å². The van der Waals surface area contributed by atoms with Crippen LogP contribution in [-0.4, -0.2) is 29.6 Å². The van der Waals surface area contributed by atoms with Crippen molar-refractivity contribution >= 4 is 17.3 Å². The summed E-state index contributed by atoms with van der Waals surface area (Å²) in [6.45, 7) is 0.726. The van der Waals surface area contributed by atoms with Gasteiger partial charge in [-0.15, -0.1) is 0 Å². The van der Waals surface area contributed by atoms with E-state index in [2.05, 4.69) is 0 Å². The summed E-state index contributed by atoms with van der Waals surface area (Å²) in [5, 5.41) is 20.4. The molecule has 6 nitrogen and oxygen atoms in total. The fourth-order valence-corrected chi connectivity index (χ4v) is 3.06. The van der Waals surface area contributed by atoms with Crippen LogP contribution in [0.25, 0.3) is 0 Å². The second-order valence-electron chi connectivity index (χ2n) is 5.62. The number of nitro groups is 1. The Morgan fingerprint density at radius 3 is 2.62 bits per heavy atom. The Bertz CT molecular complexity index is 538. The van der Waals surface area contributed by atoms with Gasteiger partial charge in [0.05, 0.1) is 4.92 Å². The lowest BCUT2D eigenvalue weighted by Gasteiger charge is -2.28. The molecule has 1 saturated carbocycles. The third-order valence-electron chi connectivity index (χ3n) is 4.10. The van der Waals surface area contributed by atoms with Gasteiger partial charge in [0.25, 0.3) is 0 Å². The lowest BCUT2D eigenvalue weighted by Crippen LogP contribution is -2.27. The van der Waals surface area contributed by atoms with Gasteiger partial charge in [-0.3, -0.25) is 10.1 Å². The summed E-state index contributed by atoms with van der Waals surface area (Å²) in [5.74, 6) is -0.744. The molecule has 6 heteroatoms. The molecule has 0 bridgehead atoms. The number of nitrogens with zero attached hydrogens (tertiary/aromatic N) is 2. The smallest absolute Gasteiger partial charge is 0.342 e. The Morgan fingerprint density at radius 2 is 2.05 bits per heavy atom. The van der Waals surface area contributed by atoms with Crippen molar-refractivity contribution in [1.82, 2.24) is 0 Å². The number of nitro benzene ring substituents is 1. The van der Waals surface area contributed by atoms with E-state index in [1.54, 1.807) is 19.2 Å². The third-order valence-corrected chi connectivity index (χ3v) is 4.10. The van der Waals surface area contributed by atoms with Crippen LogP contribution in [-0.2, 0) is 0 Å².